The zero-order chi connectivity index (χ0) is 14.5. The number of ether oxygens (including phenoxy) is 1. The van der Waals surface area contributed by atoms with Gasteiger partial charge >= 0.3 is 0 Å². The van der Waals surface area contributed by atoms with Crippen molar-refractivity contribution < 1.29 is 9.13 Å². The number of nitrogens with zero attached hydrogens (tertiary/aromatic N) is 1. The molecule has 2 aromatic rings. The van der Waals surface area contributed by atoms with Crippen molar-refractivity contribution in [3.63, 3.8) is 0 Å². The third kappa shape index (κ3) is 2.66. The molecule has 0 atom stereocenters. The summed E-state index contributed by atoms with van der Waals surface area (Å²) in [6, 6.07) is 15.3. The topological polar surface area (TPSA) is 33.0 Å². The Hall–Kier alpha value is -2.31. The number of allylic oxidation sites excluding steroid dienone is 1. The molecule has 100 valence electrons. The summed E-state index contributed by atoms with van der Waals surface area (Å²) in [5.41, 5.74) is 0.929. The lowest BCUT2D eigenvalue weighted by Gasteiger charge is -2.10. The van der Waals surface area contributed by atoms with Crippen LogP contribution in [0.3, 0.4) is 0 Å². The van der Waals surface area contributed by atoms with Gasteiger partial charge in [-0.05, 0) is 17.7 Å². The molecular formula is C16H11ClFNO. The zero-order valence-corrected chi connectivity index (χ0v) is 11.5. The summed E-state index contributed by atoms with van der Waals surface area (Å²) >= 11 is 6.23. The fourth-order valence-corrected chi connectivity index (χ4v) is 2.19. The molecule has 2 aromatic carbocycles. The largest absolute Gasteiger partial charge is 0.496 e. The molecule has 0 fully saturated rings. The molecule has 0 aliphatic rings. The monoisotopic (exact) mass is 287 g/mol. The zero-order valence-electron chi connectivity index (χ0n) is 10.7. The molecule has 0 spiro atoms. The second kappa shape index (κ2) is 6.23. The maximum atomic E-state index is 14.0. The summed E-state index contributed by atoms with van der Waals surface area (Å²) in [6.45, 7) is 0. The van der Waals surface area contributed by atoms with E-state index in [0.29, 0.717) is 11.3 Å². The highest BCUT2D eigenvalue weighted by molar-refractivity contribution is 6.53. The third-order valence-electron chi connectivity index (χ3n) is 2.81. The average Bonchev–Trinajstić information content (AvgIpc) is 2.48. The van der Waals surface area contributed by atoms with Crippen LogP contribution in [0.15, 0.2) is 48.5 Å². The molecule has 0 bridgehead atoms. The highest BCUT2D eigenvalue weighted by Crippen LogP contribution is 2.36. The van der Waals surface area contributed by atoms with Crippen LogP contribution in [0.1, 0.15) is 11.1 Å². The van der Waals surface area contributed by atoms with Gasteiger partial charge in [0.1, 0.15) is 17.6 Å². The van der Waals surface area contributed by atoms with E-state index >= 15 is 0 Å². The quantitative estimate of drug-likeness (QED) is 0.616. The molecule has 20 heavy (non-hydrogen) atoms. The molecule has 0 aliphatic heterocycles. The summed E-state index contributed by atoms with van der Waals surface area (Å²) in [5, 5.41) is 9.35. The van der Waals surface area contributed by atoms with Crippen molar-refractivity contribution in [3.05, 3.63) is 65.5 Å². The summed E-state index contributed by atoms with van der Waals surface area (Å²) in [4.78, 5) is 0. The SMILES string of the molecule is COc1cccc(F)c1C(Cl)=C(C#N)c1ccccc1. The Bertz CT molecular complexity index is 689. The predicted octanol–water partition coefficient (Wildman–Crippen LogP) is 4.46. The van der Waals surface area contributed by atoms with E-state index in [1.54, 1.807) is 30.3 Å². The lowest BCUT2D eigenvalue weighted by Crippen LogP contribution is -1.95. The van der Waals surface area contributed by atoms with Crippen LogP contribution < -0.4 is 4.74 Å². The minimum absolute atomic E-state index is 0.0358. The number of methoxy groups -OCH3 is 1. The van der Waals surface area contributed by atoms with Gasteiger partial charge in [0, 0.05) is 0 Å². The Balaban J connectivity index is 2.68. The van der Waals surface area contributed by atoms with Gasteiger partial charge in [-0.1, -0.05) is 48.0 Å². The van der Waals surface area contributed by atoms with E-state index in [1.807, 2.05) is 12.1 Å². The van der Waals surface area contributed by atoms with Gasteiger partial charge in [0.15, 0.2) is 0 Å². The number of nitriles is 1. The minimum atomic E-state index is -0.530. The highest BCUT2D eigenvalue weighted by atomic mass is 35.5. The maximum Gasteiger partial charge on any atom is 0.135 e. The minimum Gasteiger partial charge on any atom is -0.496 e. The van der Waals surface area contributed by atoms with Crippen LogP contribution >= 0.6 is 11.6 Å². The van der Waals surface area contributed by atoms with E-state index in [-0.39, 0.29) is 16.2 Å². The Morgan fingerprint density at radius 2 is 1.85 bits per heavy atom. The molecule has 0 N–H and O–H groups in total. The van der Waals surface area contributed by atoms with E-state index in [1.165, 1.54) is 19.2 Å². The first-order chi connectivity index (χ1) is 9.69. The molecule has 0 heterocycles. The number of hydrogen-bond donors (Lipinski definition) is 0. The van der Waals surface area contributed by atoms with E-state index in [4.69, 9.17) is 16.3 Å². The van der Waals surface area contributed by atoms with Crippen molar-refractivity contribution in [2.45, 2.75) is 0 Å². The molecule has 2 nitrogen and oxygen atoms in total. The molecule has 0 saturated carbocycles. The Morgan fingerprint density at radius 3 is 2.45 bits per heavy atom. The first-order valence-corrected chi connectivity index (χ1v) is 6.25. The second-order valence-corrected chi connectivity index (χ2v) is 4.36. The van der Waals surface area contributed by atoms with E-state index in [0.717, 1.165) is 0 Å². The van der Waals surface area contributed by atoms with Crippen molar-refractivity contribution in [2.75, 3.05) is 7.11 Å². The van der Waals surface area contributed by atoms with Crippen LogP contribution in [0.4, 0.5) is 4.39 Å². The first-order valence-electron chi connectivity index (χ1n) is 5.87. The van der Waals surface area contributed by atoms with Gasteiger partial charge in [0.2, 0.25) is 0 Å². The first kappa shape index (κ1) is 14.1. The molecule has 0 radical (unpaired) electrons. The molecule has 0 amide bonds. The number of hydrogen-bond acceptors (Lipinski definition) is 2. The van der Waals surface area contributed by atoms with E-state index < -0.39 is 5.82 Å². The summed E-state index contributed by atoms with van der Waals surface area (Å²) in [6.07, 6.45) is 0. The van der Waals surface area contributed by atoms with Gasteiger partial charge in [-0.15, -0.1) is 0 Å². The lowest BCUT2D eigenvalue weighted by atomic mass is 10.0. The van der Waals surface area contributed by atoms with Crippen LogP contribution in [0, 0.1) is 17.1 Å². The molecule has 0 saturated heterocycles. The van der Waals surface area contributed by atoms with Crippen LogP contribution in [-0.2, 0) is 0 Å². The third-order valence-corrected chi connectivity index (χ3v) is 3.19. The van der Waals surface area contributed by atoms with Crippen molar-refractivity contribution >= 4 is 22.2 Å². The maximum absolute atomic E-state index is 14.0. The predicted molar refractivity (Wildman–Crippen MR) is 77.7 cm³/mol. The van der Waals surface area contributed by atoms with Crippen molar-refractivity contribution in [3.8, 4) is 11.8 Å². The van der Waals surface area contributed by atoms with E-state index in [2.05, 4.69) is 0 Å². The van der Waals surface area contributed by atoms with Crippen LogP contribution in [-0.4, -0.2) is 7.11 Å². The van der Waals surface area contributed by atoms with Crippen LogP contribution in [0.2, 0.25) is 0 Å². The van der Waals surface area contributed by atoms with Crippen molar-refractivity contribution in [2.24, 2.45) is 0 Å². The van der Waals surface area contributed by atoms with Crippen molar-refractivity contribution in [1.82, 2.24) is 0 Å². The summed E-state index contributed by atoms with van der Waals surface area (Å²) in [5.74, 6) is -0.239. The fraction of sp³-hybridized carbons (Fsp3) is 0.0625. The normalized spacial score (nSPS) is 11.5. The van der Waals surface area contributed by atoms with Gasteiger partial charge in [0.05, 0.1) is 23.3 Å². The Kier molecular flexibility index (Phi) is 4.39. The van der Waals surface area contributed by atoms with Gasteiger partial charge in [-0.2, -0.15) is 5.26 Å². The highest BCUT2D eigenvalue weighted by Gasteiger charge is 2.17. The van der Waals surface area contributed by atoms with Gasteiger partial charge in [-0.25, -0.2) is 4.39 Å². The lowest BCUT2D eigenvalue weighted by molar-refractivity contribution is 0.410. The van der Waals surface area contributed by atoms with Crippen LogP contribution in [0.5, 0.6) is 5.75 Å². The molecule has 2 rings (SSSR count). The Labute approximate surface area is 121 Å². The molecule has 4 heteroatoms. The van der Waals surface area contributed by atoms with E-state index in [9.17, 15) is 9.65 Å². The molecular weight excluding hydrogens is 277 g/mol. The van der Waals surface area contributed by atoms with Crippen molar-refractivity contribution in [1.29, 1.82) is 5.26 Å². The molecule has 0 aliphatic carbocycles. The number of rotatable bonds is 3. The summed E-state index contributed by atoms with van der Waals surface area (Å²) in [7, 11) is 1.43. The Morgan fingerprint density at radius 1 is 1.15 bits per heavy atom. The molecule has 0 aromatic heterocycles. The molecule has 0 unspecified atom stereocenters. The van der Waals surface area contributed by atoms with Gasteiger partial charge in [-0.3, -0.25) is 0 Å². The van der Waals surface area contributed by atoms with Crippen LogP contribution in [0.25, 0.3) is 10.6 Å². The number of benzene rings is 2. The standard InChI is InChI=1S/C16H11ClFNO/c1-20-14-9-5-8-13(18)15(14)16(17)12(10-19)11-6-3-2-4-7-11/h2-9H,1H3. The fourth-order valence-electron chi connectivity index (χ4n) is 1.86. The average molecular weight is 288 g/mol. The van der Waals surface area contributed by atoms with Gasteiger partial charge in [0.25, 0.3) is 0 Å². The summed E-state index contributed by atoms with van der Waals surface area (Å²) < 4.78 is 19.1. The number of halogens is 2. The smallest absolute Gasteiger partial charge is 0.135 e. The second-order valence-electron chi connectivity index (χ2n) is 3.98. The van der Waals surface area contributed by atoms with Gasteiger partial charge < -0.3 is 4.74 Å².